The maximum atomic E-state index is 5.60. The zero-order chi connectivity index (χ0) is 10.7. The van der Waals surface area contributed by atoms with Crippen molar-refractivity contribution in [1.29, 1.82) is 0 Å². The Hall–Kier alpha value is -1.20. The zero-order valence-corrected chi connectivity index (χ0v) is 9.77. The van der Waals surface area contributed by atoms with Crippen LogP contribution in [0.15, 0.2) is 39.7 Å². The monoisotopic (exact) mass is 238 g/mol. The van der Waals surface area contributed by atoms with E-state index in [9.17, 15) is 0 Å². The number of anilines is 1. The first kappa shape index (κ1) is 10.3. The average molecular weight is 238 g/mol. The summed E-state index contributed by atoms with van der Waals surface area (Å²) in [5.41, 5.74) is 5.60. The summed E-state index contributed by atoms with van der Waals surface area (Å²) in [6, 6.07) is 7.86. The van der Waals surface area contributed by atoms with Crippen LogP contribution < -0.4 is 10.5 Å². The number of benzene rings is 1. The van der Waals surface area contributed by atoms with Crippen LogP contribution >= 0.6 is 23.1 Å². The number of nitrogens with zero attached hydrogens (tertiary/aromatic N) is 1. The van der Waals surface area contributed by atoms with Crippen molar-refractivity contribution in [3.8, 4) is 5.75 Å². The molecule has 0 saturated heterocycles. The Labute approximate surface area is 96.3 Å². The normalized spacial score (nSPS) is 10.2. The first-order valence-corrected chi connectivity index (χ1v) is 5.94. The summed E-state index contributed by atoms with van der Waals surface area (Å²) in [6.07, 6.45) is 1.68. The summed E-state index contributed by atoms with van der Waals surface area (Å²) in [4.78, 5) is 5.31. The molecule has 0 aliphatic heterocycles. The number of thiazole rings is 1. The number of aromatic nitrogens is 1. The fourth-order valence-corrected chi connectivity index (χ4v) is 2.80. The van der Waals surface area contributed by atoms with Gasteiger partial charge in [0.25, 0.3) is 0 Å². The quantitative estimate of drug-likeness (QED) is 0.893. The summed E-state index contributed by atoms with van der Waals surface area (Å²) < 4.78 is 6.04. The summed E-state index contributed by atoms with van der Waals surface area (Å²) in [5.74, 6) is 0.859. The van der Waals surface area contributed by atoms with Crippen LogP contribution in [0.1, 0.15) is 0 Å². The standard InChI is InChI=1S/C10H10N2OS2/c1-13-7-2-4-8(5-3-7)14-10-12-6-9(11)15-10/h2-6H,11H2,1H3. The van der Waals surface area contributed by atoms with Gasteiger partial charge in [0.1, 0.15) is 10.8 Å². The molecule has 1 aromatic carbocycles. The summed E-state index contributed by atoms with van der Waals surface area (Å²) in [6.45, 7) is 0. The van der Waals surface area contributed by atoms with E-state index in [0.717, 1.165) is 20.0 Å². The number of nitrogens with two attached hydrogens (primary N) is 1. The van der Waals surface area contributed by atoms with Gasteiger partial charge in [0.05, 0.1) is 13.3 Å². The fourth-order valence-electron chi connectivity index (χ4n) is 1.06. The van der Waals surface area contributed by atoms with Crippen LogP contribution in [0.3, 0.4) is 0 Å². The van der Waals surface area contributed by atoms with E-state index in [4.69, 9.17) is 10.5 Å². The molecule has 0 aliphatic carbocycles. The van der Waals surface area contributed by atoms with E-state index >= 15 is 0 Å². The Morgan fingerprint density at radius 2 is 2.07 bits per heavy atom. The van der Waals surface area contributed by atoms with Gasteiger partial charge in [-0.3, -0.25) is 0 Å². The second-order valence-corrected chi connectivity index (χ2v) is 5.19. The Morgan fingerprint density at radius 3 is 2.60 bits per heavy atom. The Kier molecular flexibility index (Phi) is 3.13. The highest BCUT2D eigenvalue weighted by Crippen LogP contribution is 2.32. The van der Waals surface area contributed by atoms with E-state index in [1.807, 2.05) is 24.3 Å². The van der Waals surface area contributed by atoms with Gasteiger partial charge in [-0.25, -0.2) is 4.98 Å². The van der Waals surface area contributed by atoms with Gasteiger partial charge in [-0.15, -0.1) is 0 Å². The molecular weight excluding hydrogens is 228 g/mol. The van der Waals surface area contributed by atoms with E-state index in [2.05, 4.69) is 4.98 Å². The molecule has 0 radical (unpaired) electrons. The maximum absolute atomic E-state index is 5.60. The number of ether oxygens (including phenoxy) is 1. The van der Waals surface area contributed by atoms with Gasteiger partial charge >= 0.3 is 0 Å². The predicted molar refractivity (Wildman–Crippen MR) is 63.6 cm³/mol. The highest BCUT2D eigenvalue weighted by atomic mass is 32.2. The van der Waals surface area contributed by atoms with E-state index in [0.29, 0.717) is 0 Å². The molecule has 1 aromatic heterocycles. The minimum atomic E-state index is 0.742. The van der Waals surface area contributed by atoms with Crippen LogP contribution in [-0.2, 0) is 0 Å². The first-order chi connectivity index (χ1) is 7.28. The van der Waals surface area contributed by atoms with Crippen molar-refractivity contribution in [2.75, 3.05) is 12.8 Å². The van der Waals surface area contributed by atoms with E-state index in [1.165, 1.54) is 11.3 Å². The molecule has 5 heteroatoms. The molecule has 2 rings (SSSR count). The summed E-state index contributed by atoms with van der Waals surface area (Å²) >= 11 is 3.09. The van der Waals surface area contributed by atoms with Crippen LogP contribution in [0.5, 0.6) is 5.75 Å². The maximum Gasteiger partial charge on any atom is 0.156 e. The highest BCUT2D eigenvalue weighted by molar-refractivity contribution is 8.01. The smallest absolute Gasteiger partial charge is 0.156 e. The molecular formula is C10H10N2OS2. The van der Waals surface area contributed by atoms with Gasteiger partial charge in [0.2, 0.25) is 0 Å². The van der Waals surface area contributed by atoms with Crippen molar-refractivity contribution in [3.63, 3.8) is 0 Å². The number of hydrogen-bond acceptors (Lipinski definition) is 5. The van der Waals surface area contributed by atoms with E-state index < -0.39 is 0 Å². The molecule has 2 N–H and O–H groups in total. The van der Waals surface area contributed by atoms with Crippen molar-refractivity contribution < 1.29 is 4.74 Å². The van der Waals surface area contributed by atoms with Gasteiger partial charge in [-0.2, -0.15) is 0 Å². The summed E-state index contributed by atoms with van der Waals surface area (Å²) in [5, 5.41) is 0.742. The van der Waals surface area contributed by atoms with Crippen molar-refractivity contribution in [3.05, 3.63) is 30.5 Å². The predicted octanol–water partition coefficient (Wildman–Crippen LogP) is 2.89. The third-order valence-corrected chi connectivity index (χ3v) is 3.68. The second-order valence-electron chi connectivity index (χ2n) is 2.81. The van der Waals surface area contributed by atoms with E-state index in [-0.39, 0.29) is 0 Å². The van der Waals surface area contributed by atoms with Gasteiger partial charge in [-0.05, 0) is 24.3 Å². The van der Waals surface area contributed by atoms with Crippen molar-refractivity contribution >= 4 is 28.1 Å². The molecule has 78 valence electrons. The van der Waals surface area contributed by atoms with Crippen LogP contribution in [0.25, 0.3) is 0 Å². The van der Waals surface area contributed by atoms with Crippen LogP contribution in [0.2, 0.25) is 0 Å². The largest absolute Gasteiger partial charge is 0.497 e. The zero-order valence-electron chi connectivity index (χ0n) is 8.14. The molecule has 2 aromatic rings. The van der Waals surface area contributed by atoms with Gasteiger partial charge in [-0.1, -0.05) is 23.1 Å². The molecule has 0 fully saturated rings. The van der Waals surface area contributed by atoms with Gasteiger partial charge < -0.3 is 10.5 Å². The number of nitrogen functional groups attached to an aromatic ring is 1. The lowest BCUT2D eigenvalue weighted by Crippen LogP contribution is -1.80. The minimum absolute atomic E-state index is 0.742. The Morgan fingerprint density at radius 1 is 1.33 bits per heavy atom. The lowest BCUT2D eigenvalue weighted by molar-refractivity contribution is 0.414. The van der Waals surface area contributed by atoms with Crippen LogP contribution in [0, 0.1) is 0 Å². The third kappa shape index (κ3) is 2.64. The van der Waals surface area contributed by atoms with Gasteiger partial charge in [0, 0.05) is 4.90 Å². The lowest BCUT2D eigenvalue weighted by atomic mass is 10.3. The van der Waals surface area contributed by atoms with Crippen LogP contribution in [0.4, 0.5) is 5.00 Å². The first-order valence-electron chi connectivity index (χ1n) is 4.31. The fraction of sp³-hybridized carbons (Fsp3) is 0.100. The van der Waals surface area contributed by atoms with Gasteiger partial charge in [0.15, 0.2) is 4.34 Å². The SMILES string of the molecule is COc1ccc(Sc2ncc(N)s2)cc1. The molecule has 0 aliphatic rings. The third-order valence-electron chi connectivity index (χ3n) is 1.77. The molecule has 0 bridgehead atoms. The topological polar surface area (TPSA) is 48.1 Å². The summed E-state index contributed by atoms with van der Waals surface area (Å²) in [7, 11) is 1.66. The van der Waals surface area contributed by atoms with Crippen molar-refractivity contribution in [2.24, 2.45) is 0 Å². The minimum Gasteiger partial charge on any atom is -0.497 e. The van der Waals surface area contributed by atoms with Crippen molar-refractivity contribution in [2.45, 2.75) is 9.24 Å². The molecule has 0 unspecified atom stereocenters. The number of rotatable bonds is 3. The number of hydrogen-bond donors (Lipinski definition) is 1. The molecule has 3 nitrogen and oxygen atoms in total. The van der Waals surface area contributed by atoms with Crippen molar-refractivity contribution in [1.82, 2.24) is 4.98 Å². The second kappa shape index (κ2) is 4.55. The lowest BCUT2D eigenvalue weighted by Gasteiger charge is -2.00. The molecule has 1 heterocycles. The molecule has 0 atom stereocenters. The van der Waals surface area contributed by atoms with Crippen LogP contribution in [-0.4, -0.2) is 12.1 Å². The Bertz CT molecular complexity index is 439. The highest BCUT2D eigenvalue weighted by Gasteiger charge is 2.02. The Balaban J connectivity index is 2.11. The molecule has 0 spiro atoms. The molecule has 0 amide bonds. The molecule has 0 saturated carbocycles. The number of methoxy groups -OCH3 is 1. The van der Waals surface area contributed by atoms with E-state index in [1.54, 1.807) is 25.1 Å². The molecule has 15 heavy (non-hydrogen) atoms. The average Bonchev–Trinajstić information content (AvgIpc) is 2.65.